The highest BCUT2D eigenvalue weighted by Crippen LogP contribution is 2.31. The van der Waals surface area contributed by atoms with Crippen LogP contribution in [-0.2, 0) is 24.1 Å². The standard InChI is InChI=1S/C39H42BrN2O2S/c1-4-42(28-40,27-32-22-29(2)21-30(3)23-32)20-10-9-19-41(26-31-15-16-33-11-5-6-12-34(33)24-31)45(43)35-17-18-39-37(25-35)36-13-7-8-14-38(36)44-39/h5-8,11-18,21-25H,4,9-10,19-20,26-28H2,1-3H3/q+1. The van der Waals surface area contributed by atoms with Crippen molar-refractivity contribution in [2.75, 3.05) is 25.1 Å². The molecule has 0 amide bonds. The number of unbranched alkanes of at least 4 members (excludes halogenated alkanes) is 1. The van der Waals surface area contributed by atoms with Crippen LogP contribution < -0.4 is 0 Å². The van der Waals surface area contributed by atoms with Crippen molar-refractivity contribution in [1.29, 1.82) is 0 Å². The van der Waals surface area contributed by atoms with Gasteiger partial charge < -0.3 is 8.90 Å². The van der Waals surface area contributed by atoms with E-state index in [2.05, 4.69) is 114 Å². The summed E-state index contributed by atoms with van der Waals surface area (Å²) in [6.07, 6.45) is 2.02. The molecule has 6 aromatic rings. The molecule has 2 unspecified atom stereocenters. The maximum atomic E-state index is 14.3. The summed E-state index contributed by atoms with van der Waals surface area (Å²) in [5.41, 5.74) is 7.81. The van der Waals surface area contributed by atoms with Crippen LogP contribution in [0.4, 0.5) is 0 Å². The second kappa shape index (κ2) is 14.0. The Bertz CT molecular complexity index is 1940. The summed E-state index contributed by atoms with van der Waals surface area (Å²) >= 11 is 3.87. The highest BCUT2D eigenvalue weighted by molar-refractivity contribution is 9.09. The predicted molar refractivity (Wildman–Crippen MR) is 193 cm³/mol. The molecule has 0 aliphatic carbocycles. The molecule has 6 rings (SSSR count). The van der Waals surface area contributed by atoms with Crippen LogP contribution in [0, 0.1) is 13.8 Å². The average molecular weight is 683 g/mol. The highest BCUT2D eigenvalue weighted by Gasteiger charge is 2.25. The third kappa shape index (κ3) is 7.25. The van der Waals surface area contributed by atoms with Gasteiger partial charge in [0.1, 0.15) is 34.2 Å². The van der Waals surface area contributed by atoms with Crippen LogP contribution in [0.25, 0.3) is 32.7 Å². The molecular formula is C39H42BrN2O2S+. The minimum absolute atomic E-state index is 0.621. The van der Waals surface area contributed by atoms with E-state index < -0.39 is 11.0 Å². The number of alkyl halides is 1. The van der Waals surface area contributed by atoms with Crippen LogP contribution in [-0.4, -0.2) is 38.1 Å². The maximum absolute atomic E-state index is 14.3. The molecule has 5 aromatic carbocycles. The molecule has 0 aliphatic rings. The number of furan rings is 1. The summed E-state index contributed by atoms with van der Waals surface area (Å²) in [7, 11) is -1.33. The lowest BCUT2D eigenvalue weighted by atomic mass is 10.1. The van der Waals surface area contributed by atoms with Crippen molar-refractivity contribution in [2.45, 2.75) is 51.6 Å². The van der Waals surface area contributed by atoms with Crippen molar-refractivity contribution in [2.24, 2.45) is 0 Å². The number of nitrogens with zero attached hydrogens (tertiary/aromatic N) is 2. The summed E-state index contributed by atoms with van der Waals surface area (Å²) < 4.78 is 23.5. The Labute approximate surface area is 278 Å². The van der Waals surface area contributed by atoms with Crippen molar-refractivity contribution < 1.29 is 13.1 Å². The van der Waals surface area contributed by atoms with Crippen molar-refractivity contribution >= 4 is 59.6 Å². The first-order valence-corrected chi connectivity index (χ1v) is 18.1. The molecule has 1 heterocycles. The molecule has 0 spiro atoms. The number of hydrogen-bond acceptors (Lipinski definition) is 2. The topological polar surface area (TPSA) is 33.5 Å². The molecule has 0 aliphatic heterocycles. The molecule has 4 nitrogen and oxygen atoms in total. The fourth-order valence-corrected chi connectivity index (χ4v) is 8.59. The average Bonchev–Trinajstić information content (AvgIpc) is 3.42. The number of fused-ring (bicyclic) bond motifs is 4. The van der Waals surface area contributed by atoms with E-state index in [-0.39, 0.29) is 0 Å². The van der Waals surface area contributed by atoms with Crippen LogP contribution in [0.1, 0.15) is 42.0 Å². The lowest BCUT2D eigenvalue weighted by molar-refractivity contribution is -0.926. The third-order valence-corrected chi connectivity index (χ3v) is 11.5. The zero-order valence-corrected chi connectivity index (χ0v) is 28.9. The zero-order valence-electron chi connectivity index (χ0n) is 26.5. The minimum atomic E-state index is -1.33. The van der Waals surface area contributed by atoms with Crippen LogP contribution in [0.2, 0.25) is 0 Å². The fraction of sp³-hybridized carbons (Fsp3) is 0.282. The van der Waals surface area contributed by atoms with Crippen LogP contribution in [0.3, 0.4) is 0 Å². The third-order valence-electron chi connectivity index (χ3n) is 8.97. The van der Waals surface area contributed by atoms with E-state index in [1.54, 1.807) is 0 Å². The number of rotatable bonds is 13. The monoisotopic (exact) mass is 681 g/mol. The first-order chi connectivity index (χ1) is 21.9. The largest absolute Gasteiger partial charge is 0.456 e. The Hall–Kier alpha value is -3.29. The van der Waals surface area contributed by atoms with Gasteiger partial charge in [-0.05, 0) is 96.2 Å². The van der Waals surface area contributed by atoms with Gasteiger partial charge in [-0.15, -0.1) is 0 Å². The van der Waals surface area contributed by atoms with Gasteiger partial charge in [-0.1, -0.05) is 83.9 Å². The predicted octanol–water partition coefficient (Wildman–Crippen LogP) is 10.1. The number of benzene rings is 5. The van der Waals surface area contributed by atoms with Gasteiger partial charge in [0.05, 0.1) is 18.0 Å². The zero-order chi connectivity index (χ0) is 31.4. The number of halogens is 1. The Balaban J connectivity index is 1.22. The smallest absolute Gasteiger partial charge is 0.135 e. The molecule has 0 fully saturated rings. The Kier molecular flexibility index (Phi) is 9.86. The summed E-state index contributed by atoms with van der Waals surface area (Å²) in [6.45, 7) is 11.2. The molecule has 6 heteroatoms. The van der Waals surface area contributed by atoms with E-state index in [0.717, 1.165) is 75.8 Å². The van der Waals surface area contributed by atoms with Gasteiger partial charge in [-0.2, -0.15) is 0 Å². The number of para-hydroxylation sites is 1. The minimum Gasteiger partial charge on any atom is -0.456 e. The van der Waals surface area contributed by atoms with Crippen molar-refractivity contribution in [3.63, 3.8) is 0 Å². The molecule has 0 saturated carbocycles. The summed E-state index contributed by atoms with van der Waals surface area (Å²) in [4.78, 5) is 0.809. The molecule has 45 heavy (non-hydrogen) atoms. The summed E-state index contributed by atoms with van der Waals surface area (Å²) in [6, 6.07) is 36.0. The second-order valence-corrected chi connectivity index (χ2v) is 14.4. The van der Waals surface area contributed by atoms with E-state index in [1.165, 1.54) is 33.0 Å². The van der Waals surface area contributed by atoms with Gasteiger partial charge in [-0.3, -0.25) is 0 Å². The lowest BCUT2D eigenvalue weighted by Crippen LogP contribution is -2.46. The van der Waals surface area contributed by atoms with Crippen molar-refractivity contribution in [1.82, 2.24) is 4.31 Å². The first-order valence-electron chi connectivity index (χ1n) is 15.9. The fourth-order valence-electron chi connectivity index (χ4n) is 6.54. The molecule has 0 saturated heterocycles. The Morgan fingerprint density at radius 2 is 1.49 bits per heavy atom. The molecule has 0 radical (unpaired) electrons. The molecule has 0 bridgehead atoms. The van der Waals surface area contributed by atoms with Gasteiger partial charge >= 0.3 is 0 Å². The van der Waals surface area contributed by atoms with Crippen LogP contribution in [0.5, 0.6) is 0 Å². The molecule has 232 valence electrons. The van der Waals surface area contributed by atoms with Gasteiger partial charge in [0.25, 0.3) is 0 Å². The highest BCUT2D eigenvalue weighted by atomic mass is 79.9. The Morgan fingerprint density at radius 1 is 0.756 bits per heavy atom. The van der Waals surface area contributed by atoms with E-state index in [9.17, 15) is 4.21 Å². The van der Waals surface area contributed by atoms with Gasteiger partial charge in [0, 0.05) is 29.4 Å². The normalized spacial score (nSPS) is 14.0. The molecule has 0 N–H and O–H groups in total. The molecular weight excluding hydrogens is 640 g/mol. The SMILES string of the molecule is CC[N+](CBr)(CCCCN(Cc1ccc2ccccc2c1)S(=O)c1ccc2oc3ccccc3c2c1)Cc1cc(C)cc(C)c1. The number of hydrogen-bond donors (Lipinski definition) is 0. The number of aryl methyl sites for hydroxylation is 2. The molecule has 1 aromatic heterocycles. The Morgan fingerprint density at radius 3 is 2.27 bits per heavy atom. The first kappa shape index (κ1) is 31.7. The maximum Gasteiger partial charge on any atom is 0.135 e. The van der Waals surface area contributed by atoms with E-state index >= 15 is 0 Å². The van der Waals surface area contributed by atoms with Gasteiger partial charge in [0.2, 0.25) is 0 Å². The van der Waals surface area contributed by atoms with Gasteiger partial charge in [0.15, 0.2) is 0 Å². The number of quaternary nitrogens is 1. The molecule has 2 atom stereocenters. The van der Waals surface area contributed by atoms with E-state index in [4.69, 9.17) is 4.42 Å². The quantitative estimate of drug-likeness (QED) is 0.0526. The van der Waals surface area contributed by atoms with Crippen LogP contribution in [0.15, 0.2) is 112 Å². The van der Waals surface area contributed by atoms with Crippen molar-refractivity contribution in [3.05, 3.63) is 125 Å². The van der Waals surface area contributed by atoms with Crippen molar-refractivity contribution in [3.8, 4) is 0 Å². The lowest BCUT2D eigenvalue weighted by Gasteiger charge is -2.36. The summed E-state index contributed by atoms with van der Waals surface area (Å²) in [5.74, 6) is 0. The van der Waals surface area contributed by atoms with E-state index in [1.807, 2.05) is 30.3 Å². The van der Waals surface area contributed by atoms with Gasteiger partial charge in [-0.25, -0.2) is 8.51 Å². The van der Waals surface area contributed by atoms with E-state index in [0.29, 0.717) is 6.54 Å². The van der Waals surface area contributed by atoms with Crippen LogP contribution >= 0.6 is 15.9 Å². The second-order valence-electron chi connectivity index (χ2n) is 12.4. The summed E-state index contributed by atoms with van der Waals surface area (Å²) in [5, 5.41) is 4.50.